The minimum atomic E-state index is -0.375. The average Bonchev–Trinajstić information content (AvgIpc) is 2.94. The maximum atomic E-state index is 11.9. The predicted octanol–water partition coefficient (Wildman–Crippen LogP) is 2.90. The Morgan fingerprint density at radius 1 is 1.26 bits per heavy atom. The highest BCUT2D eigenvalue weighted by Crippen LogP contribution is 2.29. The van der Waals surface area contributed by atoms with Crippen molar-refractivity contribution in [2.45, 2.75) is 6.61 Å². The van der Waals surface area contributed by atoms with Gasteiger partial charge in [0.2, 0.25) is 0 Å². The lowest BCUT2D eigenvalue weighted by molar-refractivity contribution is 0.114. The monoisotopic (exact) mass is 255 g/mol. The van der Waals surface area contributed by atoms with Crippen LogP contribution in [0.5, 0.6) is 0 Å². The van der Waals surface area contributed by atoms with Gasteiger partial charge in [-0.3, -0.25) is 4.90 Å². The van der Waals surface area contributed by atoms with Gasteiger partial charge in [-0.2, -0.15) is 0 Å². The lowest BCUT2D eigenvalue weighted by atomic mass is 10.2. The van der Waals surface area contributed by atoms with Crippen LogP contribution >= 0.6 is 0 Å². The second-order valence-electron chi connectivity index (χ2n) is 4.49. The van der Waals surface area contributed by atoms with E-state index < -0.39 is 0 Å². The Labute approximate surface area is 110 Å². The molecule has 0 saturated carbocycles. The minimum Gasteiger partial charge on any atom is -0.508 e. The Balaban J connectivity index is 1.60. The number of amides is 1. The summed E-state index contributed by atoms with van der Waals surface area (Å²) in [7, 11) is 0. The summed E-state index contributed by atoms with van der Waals surface area (Å²) in [6, 6.07) is 9.55. The molecule has 0 aromatic heterocycles. The van der Waals surface area contributed by atoms with Crippen molar-refractivity contribution in [1.29, 1.82) is 0 Å². The number of benzene rings is 1. The molecule has 1 aliphatic heterocycles. The van der Waals surface area contributed by atoms with E-state index in [9.17, 15) is 9.90 Å². The summed E-state index contributed by atoms with van der Waals surface area (Å²) in [6.45, 7) is 0.711. The Morgan fingerprint density at radius 2 is 2.05 bits per heavy atom. The van der Waals surface area contributed by atoms with E-state index in [1.165, 1.54) is 4.90 Å². The second kappa shape index (κ2) is 4.65. The number of hydrogen-bond donors (Lipinski definition) is 1. The molecule has 4 heteroatoms. The third-order valence-electron chi connectivity index (χ3n) is 3.07. The molecule has 4 nitrogen and oxygen atoms in total. The third kappa shape index (κ3) is 2.38. The summed E-state index contributed by atoms with van der Waals surface area (Å²) in [4.78, 5) is 13.4. The summed E-state index contributed by atoms with van der Waals surface area (Å²) in [5.41, 5.74) is 2.77. The topological polar surface area (TPSA) is 49.8 Å². The number of allylic oxidation sites excluding steroid dienone is 2. The molecule has 3 rings (SSSR count). The first kappa shape index (κ1) is 11.6. The molecule has 1 N–H and O–H groups in total. The summed E-state index contributed by atoms with van der Waals surface area (Å²) < 4.78 is 5.24. The van der Waals surface area contributed by atoms with E-state index in [2.05, 4.69) is 0 Å². The molecule has 0 unspecified atom stereocenters. The van der Waals surface area contributed by atoms with E-state index in [-0.39, 0.29) is 18.5 Å². The summed E-state index contributed by atoms with van der Waals surface area (Å²) in [6.07, 6.45) is 4.62. The van der Waals surface area contributed by atoms with Gasteiger partial charge in [0, 0.05) is 6.20 Å². The molecule has 1 heterocycles. The first-order valence-corrected chi connectivity index (χ1v) is 6.03. The number of fused-ring (bicyclic) bond motifs is 1. The van der Waals surface area contributed by atoms with Crippen molar-refractivity contribution in [3.05, 3.63) is 71.2 Å². The quantitative estimate of drug-likeness (QED) is 0.884. The van der Waals surface area contributed by atoms with E-state index in [0.29, 0.717) is 6.54 Å². The molecule has 1 aliphatic carbocycles. The summed E-state index contributed by atoms with van der Waals surface area (Å²) in [5.74, 6) is 0.235. The van der Waals surface area contributed by atoms with Crippen LogP contribution in [0.3, 0.4) is 0 Å². The number of hydrogen-bond acceptors (Lipinski definition) is 3. The molecule has 0 saturated heterocycles. The van der Waals surface area contributed by atoms with Gasteiger partial charge in [0.05, 0.1) is 6.54 Å². The van der Waals surface area contributed by atoms with Crippen molar-refractivity contribution >= 4 is 6.09 Å². The Morgan fingerprint density at radius 3 is 2.79 bits per heavy atom. The number of nitrogens with zero attached hydrogens (tertiary/aromatic N) is 1. The van der Waals surface area contributed by atoms with Crippen LogP contribution in [0.4, 0.5) is 4.79 Å². The molecule has 0 fully saturated rings. The fourth-order valence-corrected chi connectivity index (χ4v) is 2.13. The van der Waals surface area contributed by atoms with E-state index in [1.54, 1.807) is 18.4 Å². The largest absolute Gasteiger partial charge is 0.508 e. The van der Waals surface area contributed by atoms with Gasteiger partial charge in [0.15, 0.2) is 0 Å². The van der Waals surface area contributed by atoms with E-state index in [4.69, 9.17) is 4.74 Å². The smallest absolute Gasteiger partial charge is 0.414 e. The molecule has 2 aliphatic rings. The molecular formula is C15H13NO3. The van der Waals surface area contributed by atoms with Crippen molar-refractivity contribution in [2.24, 2.45) is 0 Å². The number of carbonyl (C=O) groups is 1. The Hall–Kier alpha value is -2.49. The molecule has 1 aromatic carbocycles. The van der Waals surface area contributed by atoms with Crippen LogP contribution in [0.2, 0.25) is 0 Å². The van der Waals surface area contributed by atoms with Crippen LogP contribution in [0.1, 0.15) is 5.56 Å². The van der Waals surface area contributed by atoms with Gasteiger partial charge in [-0.15, -0.1) is 0 Å². The van der Waals surface area contributed by atoms with E-state index in [1.807, 2.05) is 30.3 Å². The highest BCUT2D eigenvalue weighted by molar-refractivity contribution is 5.73. The van der Waals surface area contributed by atoms with Gasteiger partial charge in [-0.25, -0.2) is 4.79 Å². The van der Waals surface area contributed by atoms with Gasteiger partial charge in [0.1, 0.15) is 12.4 Å². The SMILES string of the molecule is O=C(OCc1ccccc1)N1C=C2C=C(O)C=C2C1. The molecule has 0 spiro atoms. The standard InChI is InChI=1S/C15H13NO3/c17-14-6-12-8-16(9-13(12)7-14)15(18)19-10-11-4-2-1-3-5-11/h1-8,17H,9-10H2. The number of aliphatic hydroxyl groups excluding tert-OH is 1. The number of rotatable bonds is 2. The molecule has 1 amide bonds. The van der Waals surface area contributed by atoms with Crippen LogP contribution in [-0.4, -0.2) is 22.6 Å². The fraction of sp³-hybridized carbons (Fsp3) is 0.133. The summed E-state index contributed by atoms with van der Waals surface area (Å²) in [5, 5.41) is 9.32. The zero-order valence-electron chi connectivity index (χ0n) is 10.2. The maximum absolute atomic E-state index is 11.9. The van der Waals surface area contributed by atoms with Crippen LogP contribution in [0.15, 0.2) is 65.6 Å². The molecule has 0 bridgehead atoms. The molecule has 1 aromatic rings. The van der Waals surface area contributed by atoms with Crippen molar-refractivity contribution in [1.82, 2.24) is 4.90 Å². The number of carbonyl (C=O) groups excluding carboxylic acids is 1. The van der Waals surface area contributed by atoms with Crippen molar-refractivity contribution in [3.63, 3.8) is 0 Å². The first-order chi connectivity index (χ1) is 9.22. The molecule has 0 radical (unpaired) electrons. The lowest BCUT2D eigenvalue weighted by Gasteiger charge is -2.13. The molecular weight excluding hydrogens is 242 g/mol. The second-order valence-corrected chi connectivity index (χ2v) is 4.49. The maximum Gasteiger partial charge on any atom is 0.414 e. The van der Waals surface area contributed by atoms with Crippen molar-refractivity contribution < 1.29 is 14.6 Å². The lowest BCUT2D eigenvalue weighted by Crippen LogP contribution is -2.25. The van der Waals surface area contributed by atoms with Gasteiger partial charge in [-0.05, 0) is 28.9 Å². The number of aliphatic hydroxyl groups is 1. The Bertz CT molecular complexity index is 599. The normalized spacial score (nSPS) is 16.6. The first-order valence-electron chi connectivity index (χ1n) is 6.03. The highest BCUT2D eigenvalue weighted by atomic mass is 16.6. The van der Waals surface area contributed by atoms with Crippen molar-refractivity contribution in [2.75, 3.05) is 6.54 Å². The van der Waals surface area contributed by atoms with Crippen molar-refractivity contribution in [3.8, 4) is 0 Å². The van der Waals surface area contributed by atoms with Crippen LogP contribution in [0, 0.1) is 0 Å². The average molecular weight is 255 g/mol. The zero-order valence-corrected chi connectivity index (χ0v) is 10.2. The van der Waals surface area contributed by atoms with Crippen LogP contribution < -0.4 is 0 Å². The van der Waals surface area contributed by atoms with Gasteiger partial charge < -0.3 is 9.84 Å². The molecule has 19 heavy (non-hydrogen) atoms. The minimum absolute atomic E-state index is 0.235. The third-order valence-corrected chi connectivity index (χ3v) is 3.07. The number of ether oxygens (including phenoxy) is 1. The van der Waals surface area contributed by atoms with Gasteiger partial charge >= 0.3 is 6.09 Å². The zero-order chi connectivity index (χ0) is 13.2. The van der Waals surface area contributed by atoms with Gasteiger partial charge in [-0.1, -0.05) is 30.3 Å². The Kier molecular flexibility index (Phi) is 2.83. The van der Waals surface area contributed by atoms with Crippen LogP contribution in [0.25, 0.3) is 0 Å². The molecule has 0 atom stereocenters. The van der Waals surface area contributed by atoms with E-state index in [0.717, 1.165) is 16.7 Å². The predicted molar refractivity (Wildman–Crippen MR) is 70.2 cm³/mol. The van der Waals surface area contributed by atoms with Gasteiger partial charge in [0.25, 0.3) is 0 Å². The van der Waals surface area contributed by atoms with E-state index >= 15 is 0 Å². The van der Waals surface area contributed by atoms with Crippen LogP contribution in [-0.2, 0) is 11.3 Å². The molecule has 96 valence electrons. The highest BCUT2D eigenvalue weighted by Gasteiger charge is 2.26. The summed E-state index contributed by atoms with van der Waals surface area (Å²) >= 11 is 0. The fourth-order valence-electron chi connectivity index (χ4n) is 2.13.